The highest BCUT2D eigenvalue weighted by Gasteiger charge is 2.27. The molecule has 8 heteroatoms. The minimum atomic E-state index is 0.501. The normalized spacial score (nSPS) is 15.1. The number of aromatic nitrogens is 4. The molecule has 4 aromatic rings. The van der Waals surface area contributed by atoms with Crippen molar-refractivity contribution < 1.29 is 13.9 Å². The van der Waals surface area contributed by atoms with E-state index in [2.05, 4.69) is 43.0 Å². The minimum Gasteiger partial charge on any atom is -0.497 e. The van der Waals surface area contributed by atoms with Gasteiger partial charge in [0.2, 0.25) is 5.95 Å². The molecule has 4 heterocycles. The molecule has 162 valence electrons. The first kappa shape index (κ1) is 19.7. The van der Waals surface area contributed by atoms with Gasteiger partial charge in [0.15, 0.2) is 5.82 Å². The smallest absolute Gasteiger partial charge is 0.227 e. The third-order valence-electron chi connectivity index (χ3n) is 6.17. The molecule has 1 saturated heterocycles. The van der Waals surface area contributed by atoms with Crippen molar-refractivity contribution in [3.05, 3.63) is 48.6 Å². The van der Waals surface area contributed by atoms with Gasteiger partial charge in [-0.05, 0) is 48.6 Å². The van der Waals surface area contributed by atoms with Crippen LogP contribution in [0.2, 0.25) is 0 Å². The number of fused-ring (bicyclic) bond motifs is 1. The number of aromatic amines is 1. The molecule has 1 aliphatic rings. The SMILES string of the molecule is COCCn1c(-c2ccoc2)nnc1N1CCC(c2c[nH]c3ccc(OC)cc23)CC1. The highest BCUT2D eigenvalue weighted by Crippen LogP contribution is 2.36. The molecule has 0 aliphatic carbocycles. The largest absolute Gasteiger partial charge is 0.497 e. The van der Waals surface area contributed by atoms with Crippen molar-refractivity contribution in [2.45, 2.75) is 25.3 Å². The average molecular weight is 422 g/mol. The quantitative estimate of drug-likeness (QED) is 0.485. The summed E-state index contributed by atoms with van der Waals surface area (Å²) in [7, 11) is 3.42. The van der Waals surface area contributed by atoms with Crippen LogP contribution >= 0.6 is 0 Å². The van der Waals surface area contributed by atoms with Crippen LogP contribution in [0.25, 0.3) is 22.3 Å². The first-order valence-electron chi connectivity index (χ1n) is 10.6. The van der Waals surface area contributed by atoms with Crippen molar-refractivity contribution in [3.8, 4) is 17.1 Å². The number of H-pyrrole nitrogens is 1. The van der Waals surface area contributed by atoms with E-state index in [1.165, 1.54) is 10.9 Å². The highest BCUT2D eigenvalue weighted by atomic mass is 16.5. The molecule has 0 spiro atoms. The number of piperidine rings is 1. The summed E-state index contributed by atoms with van der Waals surface area (Å²) < 4.78 is 18.1. The summed E-state index contributed by atoms with van der Waals surface area (Å²) in [6, 6.07) is 8.12. The maximum Gasteiger partial charge on any atom is 0.227 e. The Morgan fingerprint density at radius 2 is 2.03 bits per heavy atom. The van der Waals surface area contributed by atoms with E-state index in [1.807, 2.05) is 12.1 Å². The predicted molar refractivity (Wildman–Crippen MR) is 119 cm³/mol. The van der Waals surface area contributed by atoms with E-state index in [-0.39, 0.29) is 0 Å². The Labute approximate surface area is 180 Å². The Morgan fingerprint density at radius 1 is 1.16 bits per heavy atom. The van der Waals surface area contributed by atoms with Gasteiger partial charge in [-0.25, -0.2) is 0 Å². The zero-order chi connectivity index (χ0) is 21.2. The van der Waals surface area contributed by atoms with Gasteiger partial charge in [-0.15, -0.1) is 10.2 Å². The van der Waals surface area contributed by atoms with Crippen molar-refractivity contribution in [2.24, 2.45) is 0 Å². The number of rotatable bonds is 7. The molecule has 8 nitrogen and oxygen atoms in total. The zero-order valence-electron chi connectivity index (χ0n) is 17.9. The number of methoxy groups -OCH3 is 2. The van der Waals surface area contributed by atoms with Crippen molar-refractivity contribution in [2.75, 3.05) is 38.8 Å². The molecule has 1 fully saturated rings. The summed E-state index contributed by atoms with van der Waals surface area (Å²) in [6.07, 6.45) is 7.63. The van der Waals surface area contributed by atoms with Gasteiger partial charge in [0, 0.05) is 37.3 Å². The van der Waals surface area contributed by atoms with E-state index in [4.69, 9.17) is 13.9 Å². The Morgan fingerprint density at radius 3 is 2.77 bits per heavy atom. The molecule has 0 unspecified atom stereocenters. The molecular weight excluding hydrogens is 394 g/mol. The molecule has 0 atom stereocenters. The number of hydrogen-bond donors (Lipinski definition) is 1. The summed E-state index contributed by atoms with van der Waals surface area (Å²) in [5.74, 6) is 3.10. The maximum absolute atomic E-state index is 5.43. The fourth-order valence-corrected chi connectivity index (χ4v) is 4.50. The third kappa shape index (κ3) is 3.67. The molecule has 1 N–H and O–H groups in total. The zero-order valence-corrected chi connectivity index (χ0v) is 17.9. The lowest BCUT2D eigenvalue weighted by atomic mass is 9.89. The van der Waals surface area contributed by atoms with Gasteiger partial charge >= 0.3 is 0 Å². The van der Waals surface area contributed by atoms with Gasteiger partial charge in [-0.2, -0.15) is 0 Å². The molecule has 0 amide bonds. The maximum atomic E-state index is 5.43. The summed E-state index contributed by atoms with van der Waals surface area (Å²) in [5, 5.41) is 10.2. The molecule has 0 radical (unpaired) electrons. The fourth-order valence-electron chi connectivity index (χ4n) is 4.50. The number of nitrogens with one attached hydrogen (secondary N) is 1. The number of benzene rings is 1. The Hall–Kier alpha value is -3.26. The molecule has 1 aromatic carbocycles. The number of hydrogen-bond acceptors (Lipinski definition) is 6. The number of furan rings is 1. The lowest BCUT2D eigenvalue weighted by Crippen LogP contribution is -2.35. The van der Waals surface area contributed by atoms with E-state index >= 15 is 0 Å². The topological polar surface area (TPSA) is 81.3 Å². The van der Waals surface area contributed by atoms with Crippen molar-refractivity contribution in [3.63, 3.8) is 0 Å². The number of anilines is 1. The second-order valence-corrected chi connectivity index (χ2v) is 7.90. The van der Waals surface area contributed by atoms with E-state index in [1.54, 1.807) is 26.7 Å². The van der Waals surface area contributed by atoms with Crippen LogP contribution in [0.5, 0.6) is 5.75 Å². The summed E-state index contributed by atoms with van der Waals surface area (Å²) >= 11 is 0. The molecular formula is C23H27N5O3. The fraction of sp³-hybridized carbons (Fsp3) is 0.391. The lowest BCUT2D eigenvalue weighted by Gasteiger charge is -2.32. The molecule has 3 aromatic heterocycles. The van der Waals surface area contributed by atoms with E-state index in [0.717, 1.165) is 54.5 Å². The van der Waals surface area contributed by atoms with Crippen molar-refractivity contribution in [1.29, 1.82) is 0 Å². The van der Waals surface area contributed by atoms with Crippen LogP contribution in [-0.4, -0.2) is 53.7 Å². The molecule has 0 saturated carbocycles. The van der Waals surface area contributed by atoms with Crippen LogP contribution in [0.1, 0.15) is 24.3 Å². The van der Waals surface area contributed by atoms with Crippen LogP contribution < -0.4 is 9.64 Å². The van der Waals surface area contributed by atoms with Gasteiger partial charge in [0.05, 0.1) is 32.1 Å². The van der Waals surface area contributed by atoms with Gasteiger partial charge in [0.1, 0.15) is 12.0 Å². The van der Waals surface area contributed by atoms with Crippen LogP contribution in [-0.2, 0) is 11.3 Å². The Kier molecular flexibility index (Phi) is 5.38. The van der Waals surface area contributed by atoms with E-state index in [9.17, 15) is 0 Å². The summed E-state index contributed by atoms with van der Waals surface area (Å²) in [5.41, 5.74) is 3.45. The van der Waals surface area contributed by atoms with Crippen LogP contribution in [0.3, 0.4) is 0 Å². The monoisotopic (exact) mass is 421 g/mol. The van der Waals surface area contributed by atoms with Crippen LogP contribution in [0.4, 0.5) is 5.95 Å². The van der Waals surface area contributed by atoms with Gasteiger partial charge < -0.3 is 23.8 Å². The van der Waals surface area contributed by atoms with E-state index in [0.29, 0.717) is 19.1 Å². The first-order chi connectivity index (χ1) is 15.3. The van der Waals surface area contributed by atoms with Crippen LogP contribution in [0, 0.1) is 0 Å². The van der Waals surface area contributed by atoms with Gasteiger partial charge in [-0.1, -0.05) is 0 Å². The summed E-state index contributed by atoms with van der Waals surface area (Å²) in [4.78, 5) is 5.74. The van der Waals surface area contributed by atoms with Gasteiger partial charge in [-0.3, -0.25) is 4.57 Å². The summed E-state index contributed by atoms with van der Waals surface area (Å²) in [6.45, 7) is 3.15. The van der Waals surface area contributed by atoms with Crippen LogP contribution in [0.15, 0.2) is 47.4 Å². The Bertz CT molecular complexity index is 1140. The Balaban J connectivity index is 1.36. The second-order valence-electron chi connectivity index (χ2n) is 7.90. The first-order valence-corrected chi connectivity index (χ1v) is 10.6. The predicted octanol–water partition coefficient (Wildman–Crippen LogP) is 4.06. The highest BCUT2D eigenvalue weighted by molar-refractivity contribution is 5.85. The molecule has 31 heavy (non-hydrogen) atoms. The van der Waals surface area contributed by atoms with E-state index < -0.39 is 0 Å². The van der Waals surface area contributed by atoms with Crippen molar-refractivity contribution >= 4 is 16.9 Å². The molecule has 0 bridgehead atoms. The third-order valence-corrected chi connectivity index (χ3v) is 6.17. The minimum absolute atomic E-state index is 0.501. The molecule has 1 aliphatic heterocycles. The lowest BCUT2D eigenvalue weighted by molar-refractivity contribution is 0.187. The second kappa shape index (κ2) is 8.47. The average Bonchev–Trinajstić information content (AvgIpc) is 3.56. The standard InChI is InChI=1S/C23H27N5O3/c1-29-12-10-28-22(17-7-11-31-15-17)25-26-23(28)27-8-5-16(6-9-27)20-14-24-21-4-3-18(30-2)13-19(20)21/h3-4,7,11,13-16,24H,5-6,8-10,12H2,1-2H3. The van der Waals surface area contributed by atoms with Gasteiger partial charge in [0.25, 0.3) is 0 Å². The van der Waals surface area contributed by atoms with Crippen molar-refractivity contribution in [1.82, 2.24) is 19.7 Å². The number of nitrogens with zero attached hydrogens (tertiary/aromatic N) is 4. The molecule has 5 rings (SSSR count). The number of ether oxygens (including phenoxy) is 2.